The monoisotopic (exact) mass is 525 g/mol. The third-order valence-corrected chi connectivity index (χ3v) is 7.69. The van der Waals surface area contributed by atoms with Crippen LogP contribution in [0.25, 0.3) is 17.2 Å². The highest BCUT2D eigenvalue weighted by atomic mass is 16.5. The van der Waals surface area contributed by atoms with Crippen LogP contribution in [0.15, 0.2) is 66.2 Å². The maximum Gasteiger partial charge on any atom is 0.251 e. The quantitative estimate of drug-likeness (QED) is 0.362. The summed E-state index contributed by atoms with van der Waals surface area (Å²) in [6.07, 6.45) is 7.96. The van der Waals surface area contributed by atoms with E-state index in [4.69, 9.17) is 9.47 Å². The molecular formula is C35H43NO3. The van der Waals surface area contributed by atoms with Crippen LogP contribution >= 0.6 is 0 Å². The summed E-state index contributed by atoms with van der Waals surface area (Å²) in [6, 6.07) is 21.3. The molecule has 2 aliphatic carbocycles. The third-order valence-electron chi connectivity index (χ3n) is 7.69. The van der Waals surface area contributed by atoms with Gasteiger partial charge < -0.3 is 14.8 Å². The second kappa shape index (κ2) is 12.1. The van der Waals surface area contributed by atoms with E-state index in [2.05, 4.69) is 35.6 Å². The van der Waals surface area contributed by atoms with Crippen LogP contribution in [0.4, 0.5) is 0 Å². The number of para-hydroxylation sites is 2. The lowest BCUT2D eigenvalue weighted by Gasteiger charge is -2.28. The maximum absolute atomic E-state index is 13.2. The van der Waals surface area contributed by atoms with E-state index in [-0.39, 0.29) is 20.0 Å². The molecule has 206 valence electrons. The summed E-state index contributed by atoms with van der Waals surface area (Å²) in [6.45, 7) is 8.88. The summed E-state index contributed by atoms with van der Waals surface area (Å²) in [5, 5.41) is 3.21. The summed E-state index contributed by atoms with van der Waals surface area (Å²) < 4.78 is 12.0. The summed E-state index contributed by atoms with van der Waals surface area (Å²) in [5.41, 5.74) is 7.98. The first-order chi connectivity index (χ1) is 19.2. The Morgan fingerprint density at radius 3 is 2.21 bits per heavy atom. The minimum Gasteiger partial charge on any atom is -0.493 e. The molecule has 0 bridgehead atoms. The molecule has 1 amide bonds. The van der Waals surface area contributed by atoms with Crippen LogP contribution in [0.3, 0.4) is 0 Å². The molecule has 2 saturated carbocycles. The number of benzene rings is 3. The van der Waals surface area contributed by atoms with Crippen LogP contribution in [-0.2, 0) is 4.79 Å². The van der Waals surface area contributed by atoms with Gasteiger partial charge in [-0.2, -0.15) is 0 Å². The average molecular weight is 526 g/mol. The number of hydrogen-bond donors (Lipinski definition) is 1. The molecule has 4 aliphatic rings. The van der Waals surface area contributed by atoms with Crippen molar-refractivity contribution in [1.82, 2.24) is 5.32 Å². The topological polar surface area (TPSA) is 47.6 Å². The first-order valence-corrected chi connectivity index (χ1v) is 14.9. The van der Waals surface area contributed by atoms with Gasteiger partial charge in [0.05, 0.1) is 18.2 Å². The van der Waals surface area contributed by atoms with Gasteiger partial charge >= 0.3 is 0 Å². The van der Waals surface area contributed by atoms with Crippen LogP contribution in [0, 0.1) is 0 Å². The van der Waals surface area contributed by atoms with E-state index in [1.807, 2.05) is 64.1 Å². The first kappa shape index (κ1) is 27.1. The fourth-order valence-electron chi connectivity index (χ4n) is 5.45. The Kier molecular flexibility index (Phi) is 8.40. The first-order valence-electron chi connectivity index (χ1n) is 14.9. The highest BCUT2D eigenvalue weighted by Gasteiger charge is 2.30. The zero-order valence-corrected chi connectivity index (χ0v) is 23.8. The van der Waals surface area contributed by atoms with E-state index in [0.29, 0.717) is 12.2 Å². The van der Waals surface area contributed by atoms with E-state index in [0.717, 1.165) is 46.4 Å². The van der Waals surface area contributed by atoms with Gasteiger partial charge in [-0.1, -0.05) is 82.3 Å². The number of fused-ring (bicyclic) bond motifs is 2. The van der Waals surface area contributed by atoms with Gasteiger partial charge in [0.25, 0.3) is 5.91 Å². The Labute approximate surface area is 234 Å². The van der Waals surface area contributed by atoms with Crippen LogP contribution in [0.1, 0.15) is 101 Å². The molecule has 3 aromatic rings. The molecule has 2 fully saturated rings. The number of amides is 1. The number of carbonyl (C=O) groups is 1. The van der Waals surface area contributed by atoms with Crippen molar-refractivity contribution in [3.05, 3.63) is 88.5 Å². The van der Waals surface area contributed by atoms with E-state index in [1.165, 1.54) is 42.4 Å². The fourth-order valence-corrected chi connectivity index (χ4v) is 5.45. The largest absolute Gasteiger partial charge is 0.493 e. The zero-order valence-electron chi connectivity index (χ0n) is 23.8. The van der Waals surface area contributed by atoms with E-state index >= 15 is 0 Å². The van der Waals surface area contributed by atoms with Gasteiger partial charge in [0.1, 0.15) is 18.1 Å². The molecule has 0 unspecified atom stereocenters. The Morgan fingerprint density at radius 1 is 0.821 bits per heavy atom. The lowest BCUT2D eigenvalue weighted by molar-refractivity contribution is -0.118. The molecule has 39 heavy (non-hydrogen) atoms. The van der Waals surface area contributed by atoms with E-state index < -0.39 is 0 Å². The predicted octanol–water partition coefficient (Wildman–Crippen LogP) is 8.82. The molecule has 4 heteroatoms. The summed E-state index contributed by atoms with van der Waals surface area (Å²) in [7, 11) is 0. The smallest absolute Gasteiger partial charge is 0.251 e. The second-order valence-electron chi connectivity index (χ2n) is 10.3. The Bertz CT molecular complexity index is 1330. The second-order valence-corrected chi connectivity index (χ2v) is 10.3. The van der Waals surface area contributed by atoms with Crippen LogP contribution in [0.2, 0.25) is 0 Å². The lowest BCUT2D eigenvalue weighted by Crippen LogP contribution is -2.34. The van der Waals surface area contributed by atoms with Crippen LogP contribution in [0.5, 0.6) is 11.5 Å². The highest BCUT2D eigenvalue weighted by molar-refractivity contribution is 6.00. The number of rotatable bonds is 5. The van der Waals surface area contributed by atoms with Crippen molar-refractivity contribution in [2.45, 2.75) is 77.7 Å². The van der Waals surface area contributed by atoms with Gasteiger partial charge in [-0.25, -0.2) is 0 Å². The van der Waals surface area contributed by atoms with Crippen LogP contribution in [-0.4, -0.2) is 19.1 Å². The normalized spacial score (nSPS) is 18.8. The maximum atomic E-state index is 13.2. The molecule has 0 saturated heterocycles. The number of hydrogen-bond acceptors (Lipinski definition) is 3. The van der Waals surface area contributed by atoms with Gasteiger partial charge in [-0.15, -0.1) is 0 Å². The van der Waals surface area contributed by atoms with Gasteiger partial charge in [0.2, 0.25) is 0 Å². The lowest BCUT2D eigenvalue weighted by atomic mass is 9.93. The predicted molar refractivity (Wildman–Crippen MR) is 162 cm³/mol. The Hall–Kier alpha value is -3.53. The third kappa shape index (κ3) is 5.90. The van der Waals surface area contributed by atoms with Crippen molar-refractivity contribution in [3.8, 4) is 22.6 Å². The minimum atomic E-state index is -0.0745. The van der Waals surface area contributed by atoms with E-state index in [1.54, 1.807) is 0 Å². The van der Waals surface area contributed by atoms with Crippen molar-refractivity contribution in [2.24, 2.45) is 0 Å². The average Bonchev–Trinajstić information content (AvgIpc) is 3.92. The molecular weight excluding hydrogens is 482 g/mol. The number of ether oxygens (including phenoxy) is 2. The SMILES string of the molecule is CC.CC.O=C(N[C@H]1CCOc2ccccc21)C1=Cc2cccc(-c3cc(C4CC4)cc(C4CC4)c3)c2OC1.[HH]. The molecule has 0 aromatic heterocycles. The Morgan fingerprint density at radius 2 is 1.51 bits per heavy atom. The summed E-state index contributed by atoms with van der Waals surface area (Å²) >= 11 is 0. The molecule has 0 spiro atoms. The van der Waals surface area contributed by atoms with Crippen molar-refractivity contribution < 1.29 is 15.7 Å². The molecule has 1 atom stereocenters. The fraction of sp³-hybridized carbons (Fsp3) is 0.400. The van der Waals surface area contributed by atoms with Gasteiger partial charge in [0.15, 0.2) is 0 Å². The number of nitrogens with one attached hydrogen (secondary N) is 1. The molecule has 7 rings (SSSR count). The summed E-state index contributed by atoms with van der Waals surface area (Å²) in [4.78, 5) is 13.2. The molecule has 2 heterocycles. The van der Waals surface area contributed by atoms with Crippen molar-refractivity contribution in [2.75, 3.05) is 13.2 Å². The standard InChI is InChI=1S/C31H29NO3.2C2H6.H2/c33-31(32-28-12-13-34-29-7-2-1-5-27(28)29)25-14-21-4-3-6-26(30(21)35-18-25)24-16-22(19-8-9-19)15-23(17-24)20-10-11-20;2*1-2;/h1-7,14-17,19-20,28H,8-13,18H2,(H,32,33);2*1-2H3;1H/t28-;;;/m0.../s1. The Balaban J connectivity index is 0.000000710. The number of carbonyl (C=O) groups excluding carboxylic acids is 1. The zero-order chi connectivity index (χ0) is 27.4. The molecule has 1 N–H and O–H groups in total. The minimum absolute atomic E-state index is 0. The highest BCUT2D eigenvalue weighted by Crippen LogP contribution is 2.48. The summed E-state index contributed by atoms with van der Waals surface area (Å²) in [5.74, 6) is 3.11. The molecule has 3 aromatic carbocycles. The molecule has 2 aliphatic heterocycles. The van der Waals surface area contributed by atoms with Gasteiger partial charge in [-0.3, -0.25) is 4.79 Å². The van der Waals surface area contributed by atoms with Crippen molar-refractivity contribution in [1.29, 1.82) is 0 Å². The van der Waals surface area contributed by atoms with Gasteiger partial charge in [0, 0.05) is 24.5 Å². The molecule has 0 radical (unpaired) electrons. The van der Waals surface area contributed by atoms with Crippen LogP contribution < -0.4 is 14.8 Å². The van der Waals surface area contributed by atoms with Crippen molar-refractivity contribution in [3.63, 3.8) is 0 Å². The van der Waals surface area contributed by atoms with Crippen molar-refractivity contribution >= 4 is 12.0 Å². The van der Waals surface area contributed by atoms with Gasteiger partial charge in [-0.05, 0) is 66.4 Å². The van der Waals surface area contributed by atoms with E-state index in [9.17, 15) is 4.79 Å². The molecule has 4 nitrogen and oxygen atoms in total.